The summed E-state index contributed by atoms with van der Waals surface area (Å²) >= 11 is 0. The van der Waals surface area contributed by atoms with Crippen molar-refractivity contribution in [1.29, 1.82) is 0 Å². The molecule has 1 fully saturated rings. The molecule has 116 valence electrons. The Morgan fingerprint density at radius 3 is 2.70 bits per heavy atom. The third-order valence-corrected chi connectivity index (χ3v) is 3.76. The predicted molar refractivity (Wildman–Crippen MR) is 75.7 cm³/mol. The molecule has 1 unspecified atom stereocenters. The molecule has 0 aromatic rings. The normalized spacial score (nSPS) is 19.5. The molecular formula is C14H26N2O4. The quantitative estimate of drug-likeness (QED) is 0.808. The van der Waals surface area contributed by atoms with Gasteiger partial charge in [0.25, 0.3) is 0 Å². The molecule has 2 amide bonds. The highest BCUT2D eigenvalue weighted by Crippen LogP contribution is 2.20. The van der Waals surface area contributed by atoms with Gasteiger partial charge < -0.3 is 19.6 Å². The lowest BCUT2D eigenvalue weighted by molar-refractivity contribution is -0.137. The summed E-state index contributed by atoms with van der Waals surface area (Å²) in [5.41, 5.74) is 0. The maximum absolute atomic E-state index is 12.6. The second-order valence-electron chi connectivity index (χ2n) is 5.20. The van der Waals surface area contributed by atoms with Gasteiger partial charge in [-0.1, -0.05) is 19.8 Å². The Hall–Kier alpha value is -1.30. The molecule has 1 N–H and O–H groups in total. The maximum atomic E-state index is 12.6. The molecule has 1 aliphatic rings. The van der Waals surface area contributed by atoms with Crippen LogP contribution in [0.25, 0.3) is 0 Å². The molecule has 0 aromatic carbocycles. The molecule has 0 bridgehead atoms. The minimum absolute atomic E-state index is 0.168. The molecule has 0 spiro atoms. The van der Waals surface area contributed by atoms with Crippen molar-refractivity contribution in [1.82, 2.24) is 9.80 Å². The minimum atomic E-state index is -0.989. The van der Waals surface area contributed by atoms with Gasteiger partial charge in [0.15, 0.2) is 0 Å². The molecule has 0 aliphatic carbocycles. The van der Waals surface area contributed by atoms with Crippen molar-refractivity contribution in [2.45, 2.75) is 45.1 Å². The Balaban J connectivity index is 2.75. The zero-order valence-electron chi connectivity index (χ0n) is 12.5. The van der Waals surface area contributed by atoms with Crippen LogP contribution in [0.5, 0.6) is 0 Å². The van der Waals surface area contributed by atoms with Crippen LogP contribution in [0.3, 0.4) is 0 Å². The van der Waals surface area contributed by atoms with Crippen molar-refractivity contribution in [3.05, 3.63) is 0 Å². The van der Waals surface area contributed by atoms with Crippen LogP contribution in [0.1, 0.15) is 39.0 Å². The van der Waals surface area contributed by atoms with Crippen LogP contribution in [-0.2, 0) is 9.53 Å². The van der Waals surface area contributed by atoms with E-state index >= 15 is 0 Å². The third-order valence-electron chi connectivity index (χ3n) is 3.76. The van der Waals surface area contributed by atoms with Crippen LogP contribution in [0.2, 0.25) is 0 Å². The van der Waals surface area contributed by atoms with Gasteiger partial charge in [0.05, 0.1) is 6.61 Å². The van der Waals surface area contributed by atoms with E-state index in [1.807, 2.05) is 4.90 Å². The van der Waals surface area contributed by atoms with E-state index in [2.05, 4.69) is 6.92 Å². The zero-order chi connectivity index (χ0) is 15.0. The number of carboxylic acid groups (broad SMARTS) is 1. The van der Waals surface area contributed by atoms with Crippen LogP contribution in [0.4, 0.5) is 4.79 Å². The number of methoxy groups -OCH3 is 1. The lowest BCUT2D eigenvalue weighted by atomic mass is 10.1. The van der Waals surface area contributed by atoms with E-state index in [0.717, 1.165) is 38.6 Å². The fourth-order valence-electron chi connectivity index (χ4n) is 2.64. The molecular weight excluding hydrogens is 260 g/mol. The summed E-state index contributed by atoms with van der Waals surface area (Å²) in [5.74, 6) is -0.989. The van der Waals surface area contributed by atoms with Gasteiger partial charge >= 0.3 is 12.0 Å². The number of ether oxygens (including phenoxy) is 1. The molecule has 0 aromatic heterocycles. The SMILES string of the molecule is CCC1CCCCCN1C(=O)N(CCOC)CC(=O)O. The van der Waals surface area contributed by atoms with Gasteiger partial charge in [0.1, 0.15) is 6.54 Å². The minimum Gasteiger partial charge on any atom is -0.480 e. The third kappa shape index (κ3) is 5.00. The van der Waals surface area contributed by atoms with Gasteiger partial charge in [-0.2, -0.15) is 0 Å². The Bertz CT molecular complexity index is 322. The van der Waals surface area contributed by atoms with Crippen molar-refractivity contribution >= 4 is 12.0 Å². The first-order valence-electron chi connectivity index (χ1n) is 7.36. The van der Waals surface area contributed by atoms with E-state index < -0.39 is 5.97 Å². The molecule has 1 atom stereocenters. The molecule has 1 rings (SSSR count). The van der Waals surface area contributed by atoms with E-state index in [9.17, 15) is 9.59 Å². The van der Waals surface area contributed by atoms with Crippen molar-refractivity contribution in [3.8, 4) is 0 Å². The standard InChI is InChI=1S/C14H26N2O4/c1-3-12-7-5-4-6-8-16(12)14(19)15(9-10-20-2)11-13(17)18/h12H,3-11H2,1-2H3,(H,17,18). The van der Waals surface area contributed by atoms with Crippen molar-refractivity contribution < 1.29 is 19.4 Å². The molecule has 6 heteroatoms. The highest BCUT2D eigenvalue weighted by atomic mass is 16.5. The highest BCUT2D eigenvalue weighted by molar-refractivity contribution is 5.80. The number of likely N-dealkylation sites (tertiary alicyclic amines) is 1. The lowest BCUT2D eigenvalue weighted by Gasteiger charge is -2.34. The van der Waals surface area contributed by atoms with Crippen molar-refractivity contribution in [2.75, 3.05) is 33.4 Å². The average molecular weight is 286 g/mol. The van der Waals surface area contributed by atoms with Crippen molar-refractivity contribution in [2.24, 2.45) is 0 Å². The average Bonchev–Trinajstić information content (AvgIpc) is 2.67. The van der Waals surface area contributed by atoms with E-state index in [-0.39, 0.29) is 18.6 Å². The van der Waals surface area contributed by atoms with E-state index in [1.54, 1.807) is 7.11 Å². The molecule has 1 heterocycles. The number of nitrogens with zero attached hydrogens (tertiary/aromatic N) is 2. The zero-order valence-corrected chi connectivity index (χ0v) is 12.5. The highest BCUT2D eigenvalue weighted by Gasteiger charge is 2.28. The number of amides is 2. The maximum Gasteiger partial charge on any atom is 0.323 e. The summed E-state index contributed by atoms with van der Waals surface area (Å²) in [5, 5.41) is 8.96. The summed E-state index contributed by atoms with van der Waals surface area (Å²) in [6.45, 7) is 3.20. The van der Waals surface area contributed by atoms with Gasteiger partial charge in [-0.15, -0.1) is 0 Å². The molecule has 6 nitrogen and oxygen atoms in total. The number of rotatable bonds is 6. The predicted octanol–water partition coefficient (Wildman–Crippen LogP) is 1.79. The molecule has 0 saturated carbocycles. The molecule has 1 saturated heterocycles. The van der Waals surface area contributed by atoms with Gasteiger partial charge in [-0.25, -0.2) is 4.79 Å². The van der Waals surface area contributed by atoms with Gasteiger partial charge in [0.2, 0.25) is 0 Å². The topological polar surface area (TPSA) is 70.1 Å². The van der Waals surface area contributed by atoms with E-state index in [0.29, 0.717) is 13.2 Å². The largest absolute Gasteiger partial charge is 0.480 e. The number of urea groups is 1. The summed E-state index contributed by atoms with van der Waals surface area (Å²) < 4.78 is 4.96. The Morgan fingerprint density at radius 2 is 2.10 bits per heavy atom. The molecule has 20 heavy (non-hydrogen) atoms. The fourth-order valence-corrected chi connectivity index (χ4v) is 2.64. The Kier molecular flexibility index (Phi) is 7.36. The fraction of sp³-hybridized carbons (Fsp3) is 0.857. The lowest BCUT2D eigenvalue weighted by Crippen LogP contribution is -2.50. The summed E-state index contributed by atoms with van der Waals surface area (Å²) in [4.78, 5) is 26.7. The van der Waals surface area contributed by atoms with Crippen LogP contribution in [0, 0.1) is 0 Å². The smallest absolute Gasteiger partial charge is 0.323 e. The number of carboxylic acids is 1. The Morgan fingerprint density at radius 1 is 1.35 bits per heavy atom. The first-order chi connectivity index (χ1) is 9.60. The molecule has 0 radical (unpaired) electrons. The monoisotopic (exact) mass is 286 g/mol. The van der Waals surface area contributed by atoms with Gasteiger partial charge in [0, 0.05) is 26.2 Å². The van der Waals surface area contributed by atoms with Crippen molar-refractivity contribution in [3.63, 3.8) is 0 Å². The summed E-state index contributed by atoms with van der Waals surface area (Å²) in [7, 11) is 1.55. The summed E-state index contributed by atoms with van der Waals surface area (Å²) in [6.07, 6.45) is 5.19. The number of aliphatic carboxylic acids is 1. The first-order valence-corrected chi connectivity index (χ1v) is 7.36. The number of carbonyl (C=O) groups excluding carboxylic acids is 1. The number of hydrogen-bond acceptors (Lipinski definition) is 3. The Labute approximate surface area is 120 Å². The first kappa shape index (κ1) is 16.8. The van der Waals surface area contributed by atoms with Crippen LogP contribution in [0.15, 0.2) is 0 Å². The van der Waals surface area contributed by atoms with Gasteiger partial charge in [-0.05, 0) is 19.3 Å². The van der Waals surface area contributed by atoms with Crippen LogP contribution < -0.4 is 0 Å². The second-order valence-corrected chi connectivity index (χ2v) is 5.20. The second kappa shape index (κ2) is 8.79. The van der Waals surface area contributed by atoms with Crippen LogP contribution in [-0.4, -0.2) is 66.3 Å². The van der Waals surface area contributed by atoms with E-state index in [1.165, 1.54) is 4.90 Å². The molecule has 1 aliphatic heterocycles. The van der Waals surface area contributed by atoms with Crippen LogP contribution >= 0.6 is 0 Å². The number of hydrogen-bond donors (Lipinski definition) is 1. The summed E-state index contributed by atoms with van der Waals surface area (Å²) in [6, 6.07) is 0.0574. The van der Waals surface area contributed by atoms with Gasteiger partial charge in [-0.3, -0.25) is 4.79 Å². The van der Waals surface area contributed by atoms with E-state index in [4.69, 9.17) is 9.84 Å². The number of carbonyl (C=O) groups is 2.